The molecular weight excluding hydrogens is 393 g/mol. The van der Waals surface area contributed by atoms with Gasteiger partial charge in [-0.05, 0) is 17.7 Å². The molecule has 0 saturated heterocycles. The van der Waals surface area contributed by atoms with Crippen LogP contribution < -0.4 is 10.9 Å². The first kappa shape index (κ1) is 19.6. The minimum atomic E-state index is -0.300. The molecule has 8 nitrogen and oxygen atoms in total. The van der Waals surface area contributed by atoms with E-state index in [0.29, 0.717) is 46.8 Å². The molecule has 0 fully saturated rings. The quantitative estimate of drug-likeness (QED) is 0.591. The van der Waals surface area contributed by atoms with Gasteiger partial charge in [-0.1, -0.05) is 29.3 Å². The Bertz CT molecular complexity index is 982. The molecule has 144 valence electrons. The van der Waals surface area contributed by atoms with Crippen LogP contribution in [0.1, 0.15) is 11.6 Å². The number of nitrogens with zero attached hydrogens (tertiary/aromatic N) is 3. The summed E-state index contributed by atoms with van der Waals surface area (Å²) in [6.07, 6.45) is 1.55. The van der Waals surface area contributed by atoms with Crippen LogP contribution in [0.4, 0.5) is 5.95 Å². The van der Waals surface area contributed by atoms with Crippen LogP contribution in [-0.2, 0) is 16.0 Å². The molecule has 0 aliphatic heterocycles. The standard InChI is InChI=1S/C17H19Cl2N5O3/c1-26-8-11(9-27-2)24-15-14(7-21-24)22-17(23-16(15)25)20-6-10-3-4-12(18)13(19)5-10/h3-5,7,11H,6,8-9H2,1-2H3,(H2,20,22,23,25). The van der Waals surface area contributed by atoms with Crippen molar-refractivity contribution in [3.63, 3.8) is 0 Å². The molecule has 0 aliphatic carbocycles. The maximum absolute atomic E-state index is 12.6. The van der Waals surface area contributed by atoms with Gasteiger partial charge in [-0.25, -0.2) is 9.67 Å². The lowest BCUT2D eigenvalue weighted by atomic mass is 10.2. The van der Waals surface area contributed by atoms with E-state index in [0.717, 1.165) is 5.56 Å². The Morgan fingerprint density at radius 1 is 1.22 bits per heavy atom. The SMILES string of the molecule is COCC(COC)n1ncc2nc(NCc3ccc(Cl)c(Cl)c3)[nH]c(=O)c21. The van der Waals surface area contributed by atoms with Crippen LogP contribution in [0.2, 0.25) is 10.0 Å². The van der Waals surface area contributed by atoms with Crippen LogP contribution in [0.15, 0.2) is 29.2 Å². The molecule has 0 bridgehead atoms. The van der Waals surface area contributed by atoms with Gasteiger partial charge in [0, 0.05) is 20.8 Å². The molecule has 0 atom stereocenters. The summed E-state index contributed by atoms with van der Waals surface area (Å²) in [7, 11) is 3.17. The molecule has 27 heavy (non-hydrogen) atoms. The molecule has 2 aromatic heterocycles. The number of halogens is 2. The Labute approximate surface area is 165 Å². The van der Waals surface area contributed by atoms with Crippen molar-refractivity contribution in [1.29, 1.82) is 0 Å². The summed E-state index contributed by atoms with van der Waals surface area (Å²) in [6.45, 7) is 1.15. The van der Waals surface area contributed by atoms with Crippen molar-refractivity contribution in [1.82, 2.24) is 19.7 Å². The maximum atomic E-state index is 12.6. The van der Waals surface area contributed by atoms with E-state index >= 15 is 0 Å². The summed E-state index contributed by atoms with van der Waals surface area (Å²) in [6, 6.07) is 5.09. The molecule has 1 aromatic carbocycles. The minimum Gasteiger partial charge on any atom is -0.382 e. The number of aromatic nitrogens is 4. The Morgan fingerprint density at radius 3 is 2.63 bits per heavy atom. The first-order valence-electron chi connectivity index (χ1n) is 8.16. The van der Waals surface area contributed by atoms with E-state index < -0.39 is 0 Å². The largest absolute Gasteiger partial charge is 0.382 e. The molecule has 0 unspecified atom stereocenters. The van der Waals surface area contributed by atoms with Gasteiger partial charge in [0.2, 0.25) is 5.95 Å². The minimum absolute atomic E-state index is 0.226. The van der Waals surface area contributed by atoms with Gasteiger partial charge in [-0.2, -0.15) is 5.10 Å². The van der Waals surface area contributed by atoms with Gasteiger partial charge in [-0.3, -0.25) is 9.78 Å². The normalized spacial score (nSPS) is 11.4. The zero-order valence-electron chi connectivity index (χ0n) is 14.8. The summed E-state index contributed by atoms with van der Waals surface area (Å²) >= 11 is 11.9. The van der Waals surface area contributed by atoms with Crippen molar-refractivity contribution in [2.24, 2.45) is 0 Å². The predicted octanol–water partition coefficient (Wildman–Crippen LogP) is 2.87. The number of hydrogen-bond acceptors (Lipinski definition) is 6. The molecule has 0 radical (unpaired) electrons. The van der Waals surface area contributed by atoms with Gasteiger partial charge in [0.15, 0.2) is 5.52 Å². The Kier molecular flexibility index (Phi) is 6.33. The molecule has 2 heterocycles. The van der Waals surface area contributed by atoms with Gasteiger partial charge in [0.05, 0.1) is 35.5 Å². The van der Waals surface area contributed by atoms with E-state index in [2.05, 4.69) is 20.4 Å². The van der Waals surface area contributed by atoms with E-state index in [1.165, 1.54) is 0 Å². The van der Waals surface area contributed by atoms with Crippen molar-refractivity contribution in [3.05, 3.63) is 50.4 Å². The molecule has 0 spiro atoms. The highest BCUT2D eigenvalue weighted by Crippen LogP contribution is 2.23. The fourth-order valence-corrected chi connectivity index (χ4v) is 3.06. The number of aromatic amines is 1. The number of benzene rings is 1. The number of ether oxygens (including phenoxy) is 2. The molecule has 0 amide bonds. The number of H-pyrrole nitrogens is 1. The first-order valence-corrected chi connectivity index (χ1v) is 8.92. The van der Waals surface area contributed by atoms with E-state index in [1.54, 1.807) is 37.2 Å². The number of fused-ring (bicyclic) bond motifs is 1. The molecule has 0 saturated carbocycles. The van der Waals surface area contributed by atoms with E-state index in [9.17, 15) is 4.79 Å². The second-order valence-corrected chi connectivity index (χ2v) is 6.72. The fourth-order valence-electron chi connectivity index (χ4n) is 2.74. The highest BCUT2D eigenvalue weighted by molar-refractivity contribution is 6.42. The summed E-state index contributed by atoms with van der Waals surface area (Å²) in [5, 5.41) is 8.32. The second-order valence-electron chi connectivity index (χ2n) is 5.90. The predicted molar refractivity (Wildman–Crippen MR) is 105 cm³/mol. The number of anilines is 1. The van der Waals surface area contributed by atoms with Crippen LogP contribution in [0.3, 0.4) is 0 Å². The molecule has 3 aromatic rings. The topological polar surface area (TPSA) is 94.1 Å². The van der Waals surface area contributed by atoms with Gasteiger partial charge in [0.25, 0.3) is 5.56 Å². The summed E-state index contributed by atoms with van der Waals surface area (Å²) in [5.74, 6) is 0.341. The highest BCUT2D eigenvalue weighted by Gasteiger charge is 2.18. The van der Waals surface area contributed by atoms with Crippen molar-refractivity contribution in [2.75, 3.05) is 32.8 Å². The van der Waals surface area contributed by atoms with Crippen LogP contribution in [0.25, 0.3) is 11.0 Å². The van der Waals surface area contributed by atoms with Crippen molar-refractivity contribution < 1.29 is 9.47 Å². The first-order chi connectivity index (χ1) is 13.0. The lowest BCUT2D eigenvalue weighted by Gasteiger charge is -2.16. The third kappa shape index (κ3) is 4.41. The number of hydrogen-bond donors (Lipinski definition) is 2. The molecule has 3 rings (SSSR count). The van der Waals surface area contributed by atoms with Gasteiger partial charge in [-0.15, -0.1) is 0 Å². The lowest BCUT2D eigenvalue weighted by Crippen LogP contribution is -2.24. The van der Waals surface area contributed by atoms with Crippen molar-refractivity contribution in [3.8, 4) is 0 Å². The van der Waals surface area contributed by atoms with E-state index in [1.807, 2.05) is 6.07 Å². The van der Waals surface area contributed by atoms with Crippen LogP contribution in [0, 0.1) is 0 Å². The maximum Gasteiger partial charge on any atom is 0.278 e. The third-order valence-electron chi connectivity index (χ3n) is 3.96. The Hall–Kier alpha value is -2.13. The van der Waals surface area contributed by atoms with E-state index in [4.69, 9.17) is 32.7 Å². The van der Waals surface area contributed by atoms with E-state index in [-0.39, 0.29) is 11.6 Å². The highest BCUT2D eigenvalue weighted by atomic mass is 35.5. The zero-order chi connectivity index (χ0) is 19.4. The average molecular weight is 412 g/mol. The average Bonchev–Trinajstić information content (AvgIpc) is 3.07. The van der Waals surface area contributed by atoms with Gasteiger partial charge >= 0.3 is 0 Å². The zero-order valence-corrected chi connectivity index (χ0v) is 16.3. The second kappa shape index (κ2) is 8.71. The summed E-state index contributed by atoms with van der Waals surface area (Å²) in [5.41, 5.74) is 1.45. The van der Waals surface area contributed by atoms with Crippen LogP contribution in [-0.4, -0.2) is 47.2 Å². The van der Waals surface area contributed by atoms with Crippen molar-refractivity contribution in [2.45, 2.75) is 12.6 Å². The van der Waals surface area contributed by atoms with Gasteiger partial charge < -0.3 is 14.8 Å². The third-order valence-corrected chi connectivity index (χ3v) is 4.70. The smallest absolute Gasteiger partial charge is 0.278 e. The van der Waals surface area contributed by atoms with Crippen LogP contribution in [0.5, 0.6) is 0 Å². The Morgan fingerprint density at radius 2 is 1.96 bits per heavy atom. The number of rotatable bonds is 8. The van der Waals surface area contributed by atoms with Gasteiger partial charge in [0.1, 0.15) is 5.52 Å². The fraction of sp³-hybridized carbons (Fsp3) is 0.353. The number of methoxy groups -OCH3 is 2. The van der Waals surface area contributed by atoms with Crippen LogP contribution >= 0.6 is 23.2 Å². The number of nitrogens with one attached hydrogen (secondary N) is 2. The van der Waals surface area contributed by atoms with Crippen molar-refractivity contribution >= 4 is 40.2 Å². The molecule has 10 heteroatoms. The molecule has 2 N–H and O–H groups in total. The molecule has 0 aliphatic rings. The summed E-state index contributed by atoms with van der Waals surface area (Å²) in [4.78, 5) is 19.7. The summed E-state index contributed by atoms with van der Waals surface area (Å²) < 4.78 is 12.0. The Balaban J connectivity index is 1.84. The monoisotopic (exact) mass is 411 g/mol. The molecular formula is C17H19Cl2N5O3. The lowest BCUT2D eigenvalue weighted by molar-refractivity contribution is 0.0858.